The number of amides is 1. The van der Waals surface area contributed by atoms with Gasteiger partial charge in [0, 0.05) is 18.8 Å². The van der Waals surface area contributed by atoms with Gasteiger partial charge in [0.05, 0.1) is 15.6 Å². The first kappa shape index (κ1) is 22.1. The van der Waals surface area contributed by atoms with Gasteiger partial charge in [-0.3, -0.25) is 4.79 Å². The summed E-state index contributed by atoms with van der Waals surface area (Å²) in [7, 11) is -3.88. The summed E-state index contributed by atoms with van der Waals surface area (Å²) in [5.41, 5.74) is 7.00. The molecule has 0 unspecified atom stereocenters. The summed E-state index contributed by atoms with van der Waals surface area (Å²) in [6.07, 6.45) is 1.29. The van der Waals surface area contributed by atoms with Crippen LogP contribution in [0, 0.1) is 0 Å². The van der Waals surface area contributed by atoms with E-state index in [0.717, 1.165) is 6.42 Å². The molecule has 156 valence electrons. The van der Waals surface area contributed by atoms with Gasteiger partial charge in [-0.2, -0.15) is 4.31 Å². The maximum absolute atomic E-state index is 13.0. The molecule has 0 bridgehead atoms. The average Bonchev–Trinajstić information content (AvgIpc) is 2.68. The first-order valence-electron chi connectivity index (χ1n) is 9.31. The number of carbonyl (C=O) groups is 1. The van der Waals surface area contributed by atoms with Gasteiger partial charge in [0.1, 0.15) is 4.90 Å². The van der Waals surface area contributed by atoms with Gasteiger partial charge in [-0.15, -0.1) is 0 Å². The maximum Gasteiger partial charge on any atom is 0.246 e. The third-order valence-electron chi connectivity index (χ3n) is 5.20. The van der Waals surface area contributed by atoms with Gasteiger partial charge in [-0.05, 0) is 49.1 Å². The van der Waals surface area contributed by atoms with Crippen LogP contribution in [0.3, 0.4) is 0 Å². The Bertz CT molecular complexity index is 982. The molecular formula is C20H23Cl2N3O3S. The van der Waals surface area contributed by atoms with Crippen LogP contribution in [0.5, 0.6) is 0 Å². The standard InChI is InChI=1S/C20H23Cl2N3O3S/c1-2-14-6-8-15(9-7-14)24-19(26)20(23)10-12-25(13-11-20)29(27,28)18-16(21)4-3-5-17(18)22/h3-9H,2,10-13,23H2,1H3,(H,24,26). The second-order valence-electron chi connectivity index (χ2n) is 7.12. The number of halogens is 2. The minimum absolute atomic E-state index is 0.0651. The number of piperidine rings is 1. The summed E-state index contributed by atoms with van der Waals surface area (Å²) in [5.74, 6) is -0.324. The Morgan fingerprint density at radius 1 is 1.10 bits per heavy atom. The highest BCUT2D eigenvalue weighted by atomic mass is 35.5. The highest BCUT2D eigenvalue weighted by Crippen LogP contribution is 2.34. The van der Waals surface area contributed by atoms with Crippen molar-refractivity contribution in [2.75, 3.05) is 18.4 Å². The van der Waals surface area contributed by atoms with Crippen LogP contribution in [0.15, 0.2) is 47.4 Å². The van der Waals surface area contributed by atoms with E-state index in [4.69, 9.17) is 28.9 Å². The number of hydrogen-bond acceptors (Lipinski definition) is 4. The molecule has 1 saturated heterocycles. The molecule has 1 fully saturated rings. The van der Waals surface area contributed by atoms with Crippen molar-refractivity contribution in [3.63, 3.8) is 0 Å². The first-order valence-corrected chi connectivity index (χ1v) is 11.5. The van der Waals surface area contributed by atoms with E-state index >= 15 is 0 Å². The van der Waals surface area contributed by atoms with Crippen molar-refractivity contribution in [1.82, 2.24) is 4.31 Å². The number of aryl methyl sites for hydroxylation is 1. The van der Waals surface area contributed by atoms with Gasteiger partial charge in [0.15, 0.2) is 0 Å². The highest BCUT2D eigenvalue weighted by Gasteiger charge is 2.41. The molecule has 0 aromatic heterocycles. The predicted octanol–water partition coefficient (Wildman–Crippen LogP) is 3.68. The molecule has 0 radical (unpaired) electrons. The van der Waals surface area contributed by atoms with Gasteiger partial charge in [0.2, 0.25) is 15.9 Å². The normalized spacial score (nSPS) is 17.1. The fraction of sp³-hybridized carbons (Fsp3) is 0.350. The molecule has 1 amide bonds. The molecule has 0 aliphatic carbocycles. The molecule has 1 aliphatic rings. The number of hydrogen-bond donors (Lipinski definition) is 2. The van der Waals surface area contributed by atoms with Crippen molar-refractivity contribution in [2.24, 2.45) is 5.73 Å². The van der Waals surface area contributed by atoms with Gasteiger partial charge >= 0.3 is 0 Å². The molecule has 3 N–H and O–H groups in total. The fourth-order valence-electron chi connectivity index (χ4n) is 3.29. The second kappa shape index (κ2) is 8.62. The molecule has 0 spiro atoms. The Balaban J connectivity index is 1.70. The zero-order valence-electron chi connectivity index (χ0n) is 16.0. The van der Waals surface area contributed by atoms with Crippen LogP contribution in [0.2, 0.25) is 10.0 Å². The molecule has 3 rings (SSSR count). The predicted molar refractivity (Wildman–Crippen MR) is 116 cm³/mol. The smallest absolute Gasteiger partial charge is 0.246 e. The SMILES string of the molecule is CCc1ccc(NC(=O)C2(N)CCN(S(=O)(=O)c3c(Cl)cccc3Cl)CC2)cc1. The first-order chi connectivity index (χ1) is 13.7. The van der Waals surface area contributed by atoms with E-state index in [1.807, 2.05) is 24.3 Å². The lowest BCUT2D eigenvalue weighted by atomic mass is 9.88. The zero-order valence-corrected chi connectivity index (χ0v) is 18.3. The lowest BCUT2D eigenvalue weighted by Crippen LogP contribution is -2.58. The Labute approximate surface area is 181 Å². The number of benzene rings is 2. The van der Waals surface area contributed by atoms with E-state index < -0.39 is 15.6 Å². The van der Waals surface area contributed by atoms with Crippen molar-refractivity contribution in [3.8, 4) is 0 Å². The number of nitrogens with zero attached hydrogens (tertiary/aromatic N) is 1. The summed E-state index contributed by atoms with van der Waals surface area (Å²) >= 11 is 12.1. The van der Waals surface area contributed by atoms with Gasteiger partial charge < -0.3 is 11.1 Å². The molecule has 2 aromatic rings. The summed E-state index contributed by atoms with van der Waals surface area (Å²) in [5, 5.41) is 2.96. The molecule has 0 atom stereocenters. The number of sulfonamides is 1. The van der Waals surface area contributed by atoms with Crippen molar-refractivity contribution in [3.05, 3.63) is 58.1 Å². The third kappa shape index (κ3) is 4.59. The van der Waals surface area contributed by atoms with Crippen molar-refractivity contribution < 1.29 is 13.2 Å². The van der Waals surface area contributed by atoms with E-state index in [1.54, 1.807) is 6.07 Å². The number of nitrogens with two attached hydrogens (primary N) is 1. The van der Waals surface area contributed by atoms with Crippen LogP contribution >= 0.6 is 23.2 Å². The molecule has 6 nitrogen and oxygen atoms in total. The van der Waals surface area contributed by atoms with E-state index in [1.165, 1.54) is 22.0 Å². The lowest BCUT2D eigenvalue weighted by molar-refractivity contribution is -0.122. The fourth-order valence-corrected chi connectivity index (χ4v) is 5.82. The van der Waals surface area contributed by atoms with Crippen LogP contribution in [-0.2, 0) is 21.2 Å². The zero-order chi connectivity index (χ0) is 21.2. The summed E-state index contributed by atoms with van der Waals surface area (Å²) in [6, 6.07) is 12.1. The van der Waals surface area contributed by atoms with Crippen LogP contribution in [0.4, 0.5) is 5.69 Å². The van der Waals surface area contributed by atoms with Gasteiger partial charge in [-0.1, -0.05) is 48.3 Å². The molecule has 9 heteroatoms. The molecule has 2 aromatic carbocycles. The highest BCUT2D eigenvalue weighted by molar-refractivity contribution is 7.89. The Morgan fingerprint density at radius 3 is 2.17 bits per heavy atom. The minimum atomic E-state index is -3.88. The summed E-state index contributed by atoms with van der Waals surface area (Å²) in [6.45, 7) is 2.26. The summed E-state index contributed by atoms with van der Waals surface area (Å²) < 4.78 is 27.2. The quantitative estimate of drug-likeness (QED) is 0.718. The average molecular weight is 456 g/mol. The number of carbonyl (C=O) groups excluding carboxylic acids is 1. The Kier molecular flexibility index (Phi) is 6.55. The monoisotopic (exact) mass is 455 g/mol. The van der Waals surface area contributed by atoms with E-state index in [2.05, 4.69) is 12.2 Å². The Hall–Kier alpha value is -1.64. The van der Waals surface area contributed by atoms with Gasteiger partial charge in [0.25, 0.3) is 0 Å². The third-order valence-corrected chi connectivity index (χ3v) is 8.06. The van der Waals surface area contributed by atoms with Crippen molar-refractivity contribution in [1.29, 1.82) is 0 Å². The number of rotatable bonds is 5. The molecule has 1 aliphatic heterocycles. The number of anilines is 1. The number of nitrogens with one attached hydrogen (secondary N) is 1. The van der Waals surface area contributed by atoms with E-state index in [-0.39, 0.29) is 46.8 Å². The summed E-state index contributed by atoms with van der Waals surface area (Å²) in [4.78, 5) is 12.6. The minimum Gasteiger partial charge on any atom is -0.324 e. The molecule has 29 heavy (non-hydrogen) atoms. The Morgan fingerprint density at radius 2 is 1.66 bits per heavy atom. The van der Waals surface area contributed by atoms with E-state index in [9.17, 15) is 13.2 Å². The van der Waals surface area contributed by atoms with Crippen LogP contribution in [-0.4, -0.2) is 37.3 Å². The van der Waals surface area contributed by atoms with E-state index in [0.29, 0.717) is 5.69 Å². The van der Waals surface area contributed by atoms with Crippen LogP contribution in [0.25, 0.3) is 0 Å². The largest absolute Gasteiger partial charge is 0.324 e. The van der Waals surface area contributed by atoms with Crippen molar-refractivity contribution >= 4 is 44.8 Å². The molecule has 1 heterocycles. The second-order valence-corrected chi connectivity index (χ2v) is 9.80. The topological polar surface area (TPSA) is 92.5 Å². The lowest BCUT2D eigenvalue weighted by Gasteiger charge is -2.37. The molecule has 0 saturated carbocycles. The van der Waals surface area contributed by atoms with Crippen molar-refractivity contribution in [2.45, 2.75) is 36.6 Å². The van der Waals surface area contributed by atoms with Crippen LogP contribution in [0.1, 0.15) is 25.3 Å². The molecular weight excluding hydrogens is 433 g/mol. The maximum atomic E-state index is 13.0. The van der Waals surface area contributed by atoms with Gasteiger partial charge in [-0.25, -0.2) is 8.42 Å². The van der Waals surface area contributed by atoms with Crippen LogP contribution < -0.4 is 11.1 Å².